The van der Waals surface area contributed by atoms with Crippen LogP contribution in [0.15, 0.2) is 18.2 Å². The van der Waals surface area contributed by atoms with Gasteiger partial charge < -0.3 is 9.84 Å². The van der Waals surface area contributed by atoms with Gasteiger partial charge in [-0.1, -0.05) is 0 Å². The second-order valence-corrected chi connectivity index (χ2v) is 4.34. The molecule has 0 radical (unpaired) electrons. The van der Waals surface area contributed by atoms with E-state index >= 15 is 0 Å². The first-order chi connectivity index (χ1) is 9.55. The monoisotopic (exact) mass is 275 g/mol. The molecule has 1 heterocycles. The van der Waals surface area contributed by atoms with Gasteiger partial charge in [-0.25, -0.2) is 4.39 Å². The zero-order valence-electron chi connectivity index (χ0n) is 11.2. The number of aliphatic hydroxyl groups excluding tert-OH is 1. The number of nitrogens with zero attached hydrogens (tertiary/aromatic N) is 3. The first-order valence-electron chi connectivity index (χ1n) is 6.08. The van der Waals surface area contributed by atoms with E-state index in [-0.39, 0.29) is 17.9 Å². The van der Waals surface area contributed by atoms with Gasteiger partial charge >= 0.3 is 0 Å². The number of hydrogen-bond donors (Lipinski definition) is 1. The van der Waals surface area contributed by atoms with Gasteiger partial charge in [0.1, 0.15) is 17.3 Å². The van der Waals surface area contributed by atoms with Gasteiger partial charge in [-0.05, 0) is 26.0 Å². The topological polar surface area (TPSA) is 71.1 Å². The zero-order chi connectivity index (χ0) is 14.7. The van der Waals surface area contributed by atoms with Gasteiger partial charge in [0.25, 0.3) is 0 Å². The highest BCUT2D eigenvalue weighted by atomic mass is 19.1. The maximum absolute atomic E-state index is 13.4. The number of benzene rings is 1. The average Bonchev–Trinajstić information content (AvgIpc) is 2.66. The molecule has 0 unspecified atom stereocenters. The summed E-state index contributed by atoms with van der Waals surface area (Å²) in [5, 5.41) is 22.0. The van der Waals surface area contributed by atoms with Crippen LogP contribution in [0.4, 0.5) is 4.39 Å². The van der Waals surface area contributed by atoms with Crippen LogP contribution in [0.1, 0.15) is 17.0 Å². The van der Waals surface area contributed by atoms with Gasteiger partial charge in [0, 0.05) is 6.07 Å². The van der Waals surface area contributed by atoms with Crippen LogP contribution in [0.5, 0.6) is 11.5 Å². The van der Waals surface area contributed by atoms with E-state index in [0.29, 0.717) is 18.0 Å². The van der Waals surface area contributed by atoms with E-state index < -0.39 is 5.82 Å². The molecule has 0 bridgehead atoms. The Kier molecular flexibility index (Phi) is 4.01. The number of aliphatic hydroxyl groups is 1. The van der Waals surface area contributed by atoms with Gasteiger partial charge in [-0.2, -0.15) is 10.4 Å². The fraction of sp³-hybridized carbons (Fsp3) is 0.286. The lowest BCUT2D eigenvalue weighted by molar-refractivity contribution is 0.267. The third-order valence-electron chi connectivity index (χ3n) is 2.85. The van der Waals surface area contributed by atoms with Gasteiger partial charge in [0.2, 0.25) is 0 Å². The van der Waals surface area contributed by atoms with Crippen LogP contribution in [0, 0.1) is 31.0 Å². The van der Waals surface area contributed by atoms with E-state index in [9.17, 15) is 4.39 Å². The summed E-state index contributed by atoms with van der Waals surface area (Å²) in [5.74, 6) is 0.223. The molecule has 1 aromatic carbocycles. The Labute approximate surface area is 115 Å². The van der Waals surface area contributed by atoms with Crippen LogP contribution in [-0.2, 0) is 6.54 Å². The molecule has 0 aliphatic heterocycles. The zero-order valence-corrected chi connectivity index (χ0v) is 11.2. The molecule has 0 atom stereocenters. The maximum atomic E-state index is 13.4. The Balaban J connectivity index is 2.35. The van der Waals surface area contributed by atoms with Crippen molar-refractivity contribution in [2.24, 2.45) is 0 Å². The smallest absolute Gasteiger partial charge is 0.171 e. The number of hydrogen-bond acceptors (Lipinski definition) is 4. The molecule has 1 N–H and O–H groups in total. The Morgan fingerprint density at radius 3 is 2.80 bits per heavy atom. The van der Waals surface area contributed by atoms with Gasteiger partial charge in [-0.15, -0.1) is 0 Å². The quantitative estimate of drug-likeness (QED) is 0.929. The number of rotatable bonds is 4. The van der Waals surface area contributed by atoms with Crippen LogP contribution in [0.3, 0.4) is 0 Å². The summed E-state index contributed by atoms with van der Waals surface area (Å²) in [6.45, 7) is 3.90. The van der Waals surface area contributed by atoms with Crippen LogP contribution in [-0.4, -0.2) is 21.5 Å². The van der Waals surface area contributed by atoms with E-state index in [1.807, 2.05) is 6.07 Å². The van der Waals surface area contributed by atoms with Crippen molar-refractivity contribution < 1.29 is 14.2 Å². The maximum Gasteiger partial charge on any atom is 0.171 e. The summed E-state index contributed by atoms with van der Waals surface area (Å²) in [5.41, 5.74) is 1.57. The molecule has 2 rings (SSSR count). The van der Waals surface area contributed by atoms with E-state index in [1.54, 1.807) is 18.5 Å². The van der Waals surface area contributed by atoms with Gasteiger partial charge in [-0.3, -0.25) is 4.68 Å². The highest BCUT2D eigenvalue weighted by Crippen LogP contribution is 2.29. The molecule has 104 valence electrons. The molecule has 2 aromatic rings. The molecular formula is C14H14FN3O2. The van der Waals surface area contributed by atoms with Gasteiger partial charge in [0.15, 0.2) is 5.75 Å². The SMILES string of the molecule is Cc1nn(CCO)c(C)c1Oc1cc(F)cc(C#N)c1. The largest absolute Gasteiger partial charge is 0.453 e. The molecule has 0 spiro atoms. The Morgan fingerprint density at radius 1 is 1.40 bits per heavy atom. The van der Waals surface area contributed by atoms with Crippen molar-refractivity contribution in [2.45, 2.75) is 20.4 Å². The first kappa shape index (κ1) is 14.0. The van der Waals surface area contributed by atoms with Crippen molar-refractivity contribution in [3.63, 3.8) is 0 Å². The second-order valence-electron chi connectivity index (χ2n) is 4.34. The van der Waals surface area contributed by atoms with Crippen molar-refractivity contribution >= 4 is 0 Å². The highest BCUT2D eigenvalue weighted by Gasteiger charge is 2.14. The van der Waals surface area contributed by atoms with Crippen LogP contribution >= 0.6 is 0 Å². The molecular weight excluding hydrogens is 261 g/mol. The lowest BCUT2D eigenvalue weighted by atomic mass is 10.2. The van der Waals surface area contributed by atoms with Crippen molar-refractivity contribution in [1.82, 2.24) is 9.78 Å². The normalized spacial score (nSPS) is 10.3. The minimum absolute atomic E-state index is 0.0278. The summed E-state index contributed by atoms with van der Waals surface area (Å²) >= 11 is 0. The first-order valence-corrected chi connectivity index (χ1v) is 6.08. The molecule has 0 aliphatic rings. The van der Waals surface area contributed by atoms with Crippen molar-refractivity contribution in [3.05, 3.63) is 41.0 Å². The second kappa shape index (κ2) is 5.72. The summed E-state index contributed by atoms with van der Waals surface area (Å²) in [7, 11) is 0. The Morgan fingerprint density at radius 2 is 2.15 bits per heavy atom. The number of halogens is 1. The fourth-order valence-corrected chi connectivity index (χ4v) is 1.94. The predicted octanol–water partition coefficient (Wildman–Crippen LogP) is 2.30. The van der Waals surface area contributed by atoms with Gasteiger partial charge in [0.05, 0.1) is 30.5 Å². The van der Waals surface area contributed by atoms with Crippen molar-refractivity contribution in [3.8, 4) is 17.6 Å². The van der Waals surface area contributed by atoms with E-state index in [1.165, 1.54) is 12.1 Å². The minimum Gasteiger partial charge on any atom is -0.453 e. The summed E-state index contributed by atoms with van der Waals surface area (Å²) in [6, 6.07) is 5.69. The van der Waals surface area contributed by atoms with Crippen LogP contribution < -0.4 is 4.74 Å². The molecule has 0 fully saturated rings. The average molecular weight is 275 g/mol. The summed E-state index contributed by atoms with van der Waals surface area (Å²) < 4.78 is 20.6. The highest BCUT2D eigenvalue weighted by molar-refractivity contribution is 5.42. The van der Waals surface area contributed by atoms with Crippen molar-refractivity contribution in [2.75, 3.05) is 6.61 Å². The third-order valence-corrected chi connectivity index (χ3v) is 2.85. The number of ether oxygens (including phenoxy) is 1. The summed E-state index contributed by atoms with van der Waals surface area (Å²) in [6.07, 6.45) is 0. The molecule has 5 nitrogen and oxygen atoms in total. The molecule has 0 amide bonds. The molecule has 1 aromatic heterocycles. The fourth-order valence-electron chi connectivity index (χ4n) is 1.94. The van der Waals surface area contributed by atoms with E-state index in [2.05, 4.69) is 5.10 Å². The van der Waals surface area contributed by atoms with Crippen LogP contribution in [0.2, 0.25) is 0 Å². The Bertz CT molecular complexity index is 674. The summed E-state index contributed by atoms with van der Waals surface area (Å²) in [4.78, 5) is 0. The lowest BCUT2D eigenvalue weighted by Gasteiger charge is -2.07. The van der Waals surface area contributed by atoms with E-state index in [4.69, 9.17) is 15.1 Å². The third kappa shape index (κ3) is 2.78. The number of aromatic nitrogens is 2. The lowest BCUT2D eigenvalue weighted by Crippen LogP contribution is -2.05. The number of nitriles is 1. The number of aryl methyl sites for hydroxylation is 1. The minimum atomic E-state index is -0.530. The molecule has 0 saturated heterocycles. The Hall–Kier alpha value is -2.39. The van der Waals surface area contributed by atoms with Crippen molar-refractivity contribution in [1.29, 1.82) is 5.26 Å². The molecule has 0 saturated carbocycles. The van der Waals surface area contributed by atoms with Crippen LogP contribution in [0.25, 0.3) is 0 Å². The molecule has 0 aliphatic carbocycles. The standard InChI is InChI=1S/C14H14FN3O2/c1-9-14(10(2)18(17-9)3-4-19)20-13-6-11(8-16)5-12(15)7-13/h5-7,19H,3-4H2,1-2H3. The predicted molar refractivity (Wildman–Crippen MR) is 70.0 cm³/mol. The molecule has 20 heavy (non-hydrogen) atoms. The molecule has 6 heteroatoms. The van der Waals surface area contributed by atoms with E-state index in [0.717, 1.165) is 11.8 Å².